The highest BCUT2D eigenvalue weighted by Crippen LogP contribution is 2.60. The molecule has 0 atom stereocenters. The van der Waals surface area contributed by atoms with Gasteiger partial charge in [-0.3, -0.25) is 0 Å². The Morgan fingerprint density at radius 2 is 0.964 bits per heavy atom. The van der Waals surface area contributed by atoms with Crippen molar-refractivity contribution in [2.24, 2.45) is 0 Å². The van der Waals surface area contributed by atoms with Crippen molar-refractivity contribution in [1.29, 1.82) is 0 Å². The van der Waals surface area contributed by atoms with Crippen molar-refractivity contribution in [3.05, 3.63) is 235 Å². The van der Waals surface area contributed by atoms with Crippen LogP contribution in [0.25, 0.3) is 55.0 Å². The number of fused-ring (bicyclic) bond motifs is 7. The first kappa shape index (κ1) is 31.4. The molecule has 0 fully saturated rings. The number of rotatable bonds is 6. The lowest BCUT2D eigenvalue weighted by Gasteiger charge is -2.34. The van der Waals surface area contributed by atoms with E-state index in [0.717, 1.165) is 44.6 Å². The molecule has 11 rings (SSSR count). The predicted octanol–water partition coefficient (Wildman–Crippen LogP) is 14.2. The standard InChI is InChI=1S/C53H35NO/c1-3-19-39(20-4-1)53(40-21-5-2-6-22-40)44-26-12-9-24-42(44)51-45(53)27-15-29-47(51)54(48-30-16-32-50-52(48)43-25-11-14-31-49(43)55-50)46-28-13-10-23-41(46)38-34-33-36-17-7-8-18-37(36)35-38/h1-35H. The molecular weight excluding hydrogens is 667 g/mol. The Kier molecular flexibility index (Phi) is 7.11. The summed E-state index contributed by atoms with van der Waals surface area (Å²) in [5.41, 5.74) is 14.3. The fraction of sp³-hybridized carbons (Fsp3) is 0.0189. The summed E-state index contributed by atoms with van der Waals surface area (Å²) in [5, 5.41) is 4.63. The quantitative estimate of drug-likeness (QED) is 0.172. The first-order valence-corrected chi connectivity index (χ1v) is 18.9. The van der Waals surface area contributed by atoms with Gasteiger partial charge < -0.3 is 9.32 Å². The van der Waals surface area contributed by atoms with Crippen LogP contribution in [0, 0.1) is 0 Å². The SMILES string of the molecule is c1ccc(C2(c3ccccc3)c3ccccc3-c3c(N(c4ccccc4-c4ccc5ccccc5c4)c4cccc5oc6ccccc6c45)cccc32)cc1. The van der Waals surface area contributed by atoms with Crippen LogP contribution in [0.1, 0.15) is 22.3 Å². The molecule has 0 N–H and O–H groups in total. The lowest BCUT2D eigenvalue weighted by molar-refractivity contribution is 0.669. The monoisotopic (exact) mass is 701 g/mol. The maximum Gasteiger partial charge on any atom is 0.137 e. The van der Waals surface area contributed by atoms with Gasteiger partial charge in [-0.1, -0.05) is 176 Å². The van der Waals surface area contributed by atoms with Crippen molar-refractivity contribution < 1.29 is 4.42 Å². The lowest BCUT2D eigenvalue weighted by Crippen LogP contribution is -2.28. The molecule has 0 radical (unpaired) electrons. The van der Waals surface area contributed by atoms with E-state index in [9.17, 15) is 0 Å². The Morgan fingerprint density at radius 3 is 1.78 bits per heavy atom. The van der Waals surface area contributed by atoms with E-state index < -0.39 is 5.41 Å². The molecule has 1 aromatic heterocycles. The van der Waals surface area contributed by atoms with Crippen LogP contribution in [0.2, 0.25) is 0 Å². The molecular formula is C53H35NO. The zero-order valence-electron chi connectivity index (χ0n) is 30.1. The Labute approximate surface area is 320 Å². The Balaban J connectivity index is 1.27. The van der Waals surface area contributed by atoms with E-state index in [4.69, 9.17) is 4.42 Å². The van der Waals surface area contributed by atoms with E-state index >= 15 is 0 Å². The van der Waals surface area contributed by atoms with Gasteiger partial charge >= 0.3 is 0 Å². The highest BCUT2D eigenvalue weighted by Gasteiger charge is 2.47. The maximum atomic E-state index is 6.55. The molecule has 258 valence electrons. The summed E-state index contributed by atoms with van der Waals surface area (Å²) in [4.78, 5) is 2.50. The van der Waals surface area contributed by atoms with Gasteiger partial charge in [-0.15, -0.1) is 0 Å². The van der Waals surface area contributed by atoms with E-state index in [0.29, 0.717) is 0 Å². The highest BCUT2D eigenvalue weighted by atomic mass is 16.3. The summed E-state index contributed by atoms with van der Waals surface area (Å²) in [5.74, 6) is 0. The molecule has 2 heteroatoms. The average Bonchev–Trinajstić information content (AvgIpc) is 3.79. The molecule has 0 saturated heterocycles. The summed E-state index contributed by atoms with van der Waals surface area (Å²) in [7, 11) is 0. The molecule has 0 spiro atoms. The first-order valence-electron chi connectivity index (χ1n) is 18.9. The summed E-state index contributed by atoms with van der Waals surface area (Å²) < 4.78 is 6.55. The minimum atomic E-state index is -0.525. The minimum absolute atomic E-state index is 0.525. The minimum Gasteiger partial charge on any atom is -0.456 e. The molecule has 1 heterocycles. The molecule has 55 heavy (non-hydrogen) atoms. The van der Waals surface area contributed by atoms with Gasteiger partial charge in [-0.2, -0.15) is 0 Å². The fourth-order valence-electron chi connectivity index (χ4n) is 9.26. The molecule has 9 aromatic carbocycles. The number of hydrogen-bond donors (Lipinski definition) is 0. The number of furan rings is 1. The van der Waals surface area contributed by atoms with Crippen LogP contribution in [-0.4, -0.2) is 0 Å². The number of hydrogen-bond acceptors (Lipinski definition) is 2. The predicted molar refractivity (Wildman–Crippen MR) is 229 cm³/mol. The Morgan fingerprint density at radius 1 is 0.382 bits per heavy atom. The highest BCUT2D eigenvalue weighted by molar-refractivity contribution is 6.15. The zero-order valence-corrected chi connectivity index (χ0v) is 30.1. The van der Waals surface area contributed by atoms with Crippen LogP contribution in [-0.2, 0) is 5.41 Å². The average molecular weight is 702 g/mol. The summed E-state index contributed by atoms with van der Waals surface area (Å²) in [6.45, 7) is 0. The van der Waals surface area contributed by atoms with E-state index in [2.05, 4.69) is 211 Å². The van der Waals surface area contributed by atoms with Gasteiger partial charge in [0.15, 0.2) is 0 Å². The van der Waals surface area contributed by atoms with Crippen LogP contribution in [0.15, 0.2) is 217 Å². The number of anilines is 3. The van der Waals surface area contributed by atoms with Crippen LogP contribution in [0.4, 0.5) is 17.1 Å². The zero-order chi connectivity index (χ0) is 36.3. The summed E-state index contributed by atoms with van der Waals surface area (Å²) >= 11 is 0. The van der Waals surface area contributed by atoms with Crippen LogP contribution < -0.4 is 4.90 Å². The first-order chi connectivity index (χ1) is 27.3. The van der Waals surface area contributed by atoms with Crippen molar-refractivity contribution in [3.8, 4) is 22.3 Å². The van der Waals surface area contributed by atoms with E-state index in [1.54, 1.807) is 0 Å². The number of para-hydroxylation sites is 2. The largest absolute Gasteiger partial charge is 0.456 e. The van der Waals surface area contributed by atoms with E-state index in [-0.39, 0.29) is 0 Å². The molecule has 10 aromatic rings. The summed E-state index contributed by atoms with van der Waals surface area (Å²) in [6.07, 6.45) is 0. The Hall–Kier alpha value is -7.16. The topological polar surface area (TPSA) is 16.4 Å². The summed E-state index contributed by atoms with van der Waals surface area (Å²) in [6, 6.07) is 77.1. The van der Waals surface area contributed by atoms with Crippen LogP contribution in [0.3, 0.4) is 0 Å². The van der Waals surface area contributed by atoms with Crippen molar-refractivity contribution in [1.82, 2.24) is 0 Å². The smallest absolute Gasteiger partial charge is 0.137 e. The van der Waals surface area contributed by atoms with Gasteiger partial charge in [-0.05, 0) is 80.6 Å². The third kappa shape index (κ3) is 4.68. The van der Waals surface area contributed by atoms with Crippen molar-refractivity contribution in [2.45, 2.75) is 5.41 Å². The van der Waals surface area contributed by atoms with Gasteiger partial charge in [0.2, 0.25) is 0 Å². The molecule has 0 unspecified atom stereocenters. The van der Waals surface area contributed by atoms with Crippen molar-refractivity contribution >= 4 is 49.8 Å². The molecule has 0 amide bonds. The molecule has 1 aliphatic rings. The third-order valence-corrected chi connectivity index (χ3v) is 11.5. The molecule has 0 saturated carbocycles. The molecule has 0 bridgehead atoms. The van der Waals surface area contributed by atoms with Crippen molar-refractivity contribution in [3.63, 3.8) is 0 Å². The lowest BCUT2D eigenvalue weighted by atomic mass is 9.68. The second kappa shape index (κ2) is 12.5. The second-order valence-corrected chi connectivity index (χ2v) is 14.4. The van der Waals surface area contributed by atoms with Gasteiger partial charge in [-0.25, -0.2) is 0 Å². The van der Waals surface area contributed by atoms with E-state index in [1.165, 1.54) is 49.7 Å². The Bertz CT molecular complexity index is 3010. The van der Waals surface area contributed by atoms with Crippen LogP contribution >= 0.6 is 0 Å². The van der Waals surface area contributed by atoms with Crippen LogP contribution in [0.5, 0.6) is 0 Å². The third-order valence-electron chi connectivity index (χ3n) is 11.5. The molecule has 2 nitrogen and oxygen atoms in total. The molecule has 0 aliphatic heterocycles. The normalized spacial score (nSPS) is 12.9. The van der Waals surface area contributed by atoms with Gasteiger partial charge in [0, 0.05) is 16.5 Å². The van der Waals surface area contributed by atoms with E-state index in [1.807, 2.05) is 6.07 Å². The number of nitrogens with zero attached hydrogens (tertiary/aromatic N) is 1. The molecule has 1 aliphatic carbocycles. The van der Waals surface area contributed by atoms with Gasteiger partial charge in [0.05, 0.1) is 27.9 Å². The number of benzene rings is 9. The van der Waals surface area contributed by atoms with Gasteiger partial charge in [0.25, 0.3) is 0 Å². The maximum absolute atomic E-state index is 6.55. The van der Waals surface area contributed by atoms with Gasteiger partial charge in [0.1, 0.15) is 11.2 Å². The van der Waals surface area contributed by atoms with Crippen molar-refractivity contribution in [2.75, 3.05) is 4.90 Å². The second-order valence-electron chi connectivity index (χ2n) is 14.4. The fourth-order valence-corrected chi connectivity index (χ4v) is 9.26.